The van der Waals surface area contributed by atoms with Crippen molar-refractivity contribution >= 4 is 7.60 Å². The molecule has 0 unspecified atom stereocenters. The zero-order valence-electron chi connectivity index (χ0n) is 17.7. The first-order valence-electron chi connectivity index (χ1n) is 10.1. The van der Waals surface area contributed by atoms with Crippen molar-refractivity contribution in [2.24, 2.45) is 0 Å². The second kappa shape index (κ2) is 8.14. The number of ether oxygens (including phenoxy) is 1. The molecule has 0 saturated heterocycles. The summed E-state index contributed by atoms with van der Waals surface area (Å²) in [5, 5.41) is 10.6. The summed E-state index contributed by atoms with van der Waals surface area (Å²) in [6, 6.07) is 7.53. The lowest BCUT2D eigenvalue weighted by molar-refractivity contribution is 0.300. The van der Waals surface area contributed by atoms with Crippen LogP contribution in [0.3, 0.4) is 0 Å². The number of phenols is 1. The molecule has 3 rings (SSSR count). The fourth-order valence-corrected chi connectivity index (χ4v) is 4.86. The Labute approximate surface area is 172 Å². The summed E-state index contributed by atoms with van der Waals surface area (Å²) in [6.45, 7) is 8.42. The molecular formula is C23H31O5P. The summed E-state index contributed by atoms with van der Waals surface area (Å²) in [4.78, 5) is 18.1. The highest BCUT2D eigenvalue weighted by Crippen LogP contribution is 2.43. The molecule has 6 heteroatoms. The minimum Gasteiger partial charge on any atom is -0.508 e. The zero-order chi connectivity index (χ0) is 21.4. The van der Waals surface area contributed by atoms with Gasteiger partial charge in [-0.25, -0.2) is 0 Å². The standard InChI is InChI=1S/C23H31O5P/c1-15-11-18(28-14-29(25,26)27)12-16(2)20(15)13-17-8-9-21(24)22-19(17)7-5-6-10-23(22,3)4/h8-9,11-12,24H,5-7,10,13-14H2,1-4H3,(H2,25,26,27). The van der Waals surface area contributed by atoms with Crippen molar-refractivity contribution in [3.8, 4) is 11.5 Å². The third-order valence-corrected chi connectivity index (χ3v) is 6.44. The van der Waals surface area contributed by atoms with Gasteiger partial charge in [0.15, 0.2) is 6.35 Å². The van der Waals surface area contributed by atoms with Crippen LogP contribution in [0, 0.1) is 13.8 Å². The van der Waals surface area contributed by atoms with Crippen molar-refractivity contribution < 1.29 is 24.2 Å². The number of hydrogen-bond donors (Lipinski definition) is 3. The van der Waals surface area contributed by atoms with Gasteiger partial charge in [0.25, 0.3) is 0 Å². The molecule has 0 bridgehead atoms. The van der Waals surface area contributed by atoms with Crippen LogP contribution >= 0.6 is 7.60 Å². The van der Waals surface area contributed by atoms with Crippen LogP contribution in [-0.4, -0.2) is 21.2 Å². The maximum absolute atomic E-state index is 11.1. The Morgan fingerprint density at radius 3 is 2.38 bits per heavy atom. The van der Waals surface area contributed by atoms with Crippen molar-refractivity contribution in [2.45, 2.75) is 65.2 Å². The summed E-state index contributed by atoms with van der Waals surface area (Å²) in [7, 11) is -4.21. The molecule has 0 fully saturated rings. The largest absolute Gasteiger partial charge is 0.508 e. The predicted molar refractivity (Wildman–Crippen MR) is 115 cm³/mol. The van der Waals surface area contributed by atoms with Gasteiger partial charge in [-0.1, -0.05) is 26.3 Å². The molecule has 0 amide bonds. The Morgan fingerprint density at radius 2 is 1.76 bits per heavy atom. The van der Waals surface area contributed by atoms with Gasteiger partial charge in [0.1, 0.15) is 11.5 Å². The van der Waals surface area contributed by atoms with Crippen molar-refractivity contribution in [3.63, 3.8) is 0 Å². The molecule has 2 aromatic rings. The van der Waals surface area contributed by atoms with Gasteiger partial charge in [-0.3, -0.25) is 4.57 Å². The van der Waals surface area contributed by atoms with Crippen LogP contribution in [0.15, 0.2) is 24.3 Å². The van der Waals surface area contributed by atoms with Gasteiger partial charge in [0.2, 0.25) is 0 Å². The van der Waals surface area contributed by atoms with E-state index in [1.807, 2.05) is 38.1 Å². The fraction of sp³-hybridized carbons (Fsp3) is 0.478. The van der Waals surface area contributed by atoms with Crippen molar-refractivity contribution in [1.82, 2.24) is 0 Å². The van der Waals surface area contributed by atoms with Gasteiger partial charge in [0, 0.05) is 5.56 Å². The van der Waals surface area contributed by atoms with E-state index in [4.69, 9.17) is 14.5 Å². The highest BCUT2D eigenvalue weighted by molar-refractivity contribution is 7.51. The van der Waals surface area contributed by atoms with Crippen molar-refractivity contribution in [1.29, 1.82) is 0 Å². The van der Waals surface area contributed by atoms with Crippen LogP contribution in [0.5, 0.6) is 11.5 Å². The predicted octanol–water partition coefficient (Wildman–Crippen LogP) is 5.12. The van der Waals surface area contributed by atoms with Gasteiger partial charge in [-0.05, 0) is 91.0 Å². The highest BCUT2D eigenvalue weighted by atomic mass is 31.2. The van der Waals surface area contributed by atoms with E-state index in [2.05, 4.69) is 13.8 Å². The van der Waals surface area contributed by atoms with E-state index >= 15 is 0 Å². The second-order valence-electron chi connectivity index (χ2n) is 8.84. The summed E-state index contributed by atoms with van der Waals surface area (Å²) in [6.07, 6.45) is 4.47. The Balaban J connectivity index is 1.96. The first-order chi connectivity index (χ1) is 13.5. The maximum atomic E-state index is 11.1. The monoisotopic (exact) mass is 418 g/mol. The van der Waals surface area contributed by atoms with Crippen molar-refractivity contribution in [3.05, 3.63) is 57.6 Å². The Morgan fingerprint density at radius 1 is 1.10 bits per heavy atom. The first kappa shape index (κ1) is 21.9. The van der Waals surface area contributed by atoms with Crippen LogP contribution in [0.4, 0.5) is 0 Å². The molecule has 1 aliphatic rings. The van der Waals surface area contributed by atoms with Crippen LogP contribution in [0.2, 0.25) is 0 Å². The average Bonchev–Trinajstić information content (AvgIpc) is 2.76. The molecule has 0 atom stereocenters. The SMILES string of the molecule is Cc1cc(OCP(=O)(O)O)cc(C)c1Cc1ccc(O)c2c1CCCCC2(C)C. The molecule has 0 aromatic heterocycles. The van der Waals surface area contributed by atoms with Crippen LogP contribution in [0.25, 0.3) is 0 Å². The van der Waals surface area contributed by atoms with Gasteiger partial charge in [0.05, 0.1) is 0 Å². The normalized spacial score (nSPS) is 16.2. The van der Waals surface area contributed by atoms with Crippen molar-refractivity contribution in [2.75, 3.05) is 6.35 Å². The molecular weight excluding hydrogens is 387 g/mol. The van der Waals surface area contributed by atoms with E-state index in [9.17, 15) is 9.67 Å². The van der Waals surface area contributed by atoms with Crippen LogP contribution in [0.1, 0.15) is 66.5 Å². The smallest absolute Gasteiger partial charge is 0.362 e. The second-order valence-corrected chi connectivity index (χ2v) is 10.4. The van der Waals surface area contributed by atoms with E-state index in [0.717, 1.165) is 48.8 Å². The van der Waals surface area contributed by atoms with Crippen LogP contribution in [-0.2, 0) is 22.8 Å². The van der Waals surface area contributed by atoms with E-state index in [0.29, 0.717) is 11.5 Å². The molecule has 2 aromatic carbocycles. The molecule has 1 aliphatic carbocycles. The number of benzene rings is 2. The van der Waals surface area contributed by atoms with Gasteiger partial charge in [-0.2, -0.15) is 0 Å². The number of aromatic hydroxyl groups is 1. The Kier molecular flexibility index (Phi) is 6.14. The van der Waals surface area contributed by atoms with E-state index in [1.165, 1.54) is 16.7 Å². The minimum atomic E-state index is -4.21. The average molecular weight is 418 g/mol. The molecule has 0 radical (unpaired) electrons. The molecule has 0 heterocycles. The summed E-state index contributed by atoms with van der Waals surface area (Å²) < 4.78 is 16.4. The van der Waals surface area contributed by atoms with Crippen LogP contribution < -0.4 is 4.74 Å². The van der Waals surface area contributed by atoms with Gasteiger partial charge in [-0.15, -0.1) is 0 Å². The maximum Gasteiger partial charge on any atom is 0.362 e. The number of phenolic OH excluding ortho intramolecular Hbond substituents is 1. The molecule has 29 heavy (non-hydrogen) atoms. The molecule has 0 aliphatic heterocycles. The van der Waals surface area contributed by atoms with E-state index < -0.39 is 13.9 Å². The quantitative estimate of drug-likeness (QED) is 0.464. The zero-order valence-corrected chi connectivity index (χ0v) is 18.6. The number of aryl methyl sites for hydroxylation is 2. The lowest BCUT2D eigenvalue weighted by Crippen LogP contribution is -2.18. The molecule has 158 valence electrons. The summed E-state index contributed by atoms with van der Waals surface area (Å²) in [5.74, 6) is 0.864. The molecule has 3 N–H and O–H groups in total. The minimum absolute atomic E-state index is 0.0454. The third kappa shape index (κ3) is 5.03. The Hall–Kier alpha value is -1.81. The molecule has 0 spiro atoms. The van der Waals surface area contributed by atoms with E-state index in [-0.39, 0.29) is 5.41 Å². The number of fused-ring (bicyclic) bond motifs is 1. The first-order valence-corrected chi connectivity index (χ1v) is 11.9. The number of rotatable bonds is 5. The number of hydrogen-bond acceptors (Lipinski definition) is 3. The lowest BCUT2D eigenvalue weighted by Gasteiger charge is -2.28. The topological polar surface area (TPSA) is 87.0 Å². The van der Waals surface area contributed by atoms with Gasteiger partial charge < -0.3 is 19.6 Å². The fourth-order valence-electron chi connectivity index (χ4n) is 4.54. The third-order valence-electron chi connectivity index (χ3n) is 5.98. The lowest BCUT2D eigenvalue weighted by atomic mass is 9.77. The summed E-state index contributed by atoms with van der Waals surface area (Å²) >= 11 is 0. The summed E-state index contributed by atoms with van der Waals surface area (Å²) in [5.41, 5.74) is 6.79. The van der Waals surface area contributed by atoms with E-state index in [1.54, 1.807) is 0 Å². The molecule has 0 saturated carbocycles. The Bertz CT molecular complexity index is 935. The highest BCUT2D eigenvalue weighted by Gasteiger charge is 2.30. The molecule has 5 nitrogen and oxygen atoms in total. The van der Waals surface area contributed by atoms with Gasteiger partial charge >= 0.3 is 7.60 Å².